The summed E-state index contributed by atoms with van der Waals surface area (Å²) >= 11 is 7.98. The first-order chi connectivity index (χ1) is 9.90. The molecule has 2 aromatic carbocycles. The summed E-state index contributed by atoms with van der Waals surface area (Å²) in [7, 11) is 0. The third-order valence-electron chi connectivity index (χ3n) is 3.17. The number of thioether (sulfide) groups is 1. The lowest BCUT2D eigenvalue weighted by Gasteiger charge is -2.12. The lowest BCUT2D eigenvalue weighted by Crippen LogP contribution is -2.05. The van der Waals surface area contributed by atoms with E-state index in [2.05, 4.69) is 0 Å². The molecule has 0 aliphatic carbocycles. The van der Waals surface area contributed by atoms with Gasteiger partial charge in [0.05, 0.1) is 10.9 Å². The molecule has 0 saturated heterocycles. The van der Waals surface area contributed by atoms with Gasteiger partial charge in [-0.05, 0) is 48.1 Å². The smallest absolute Gasteiger partial charge is 0.166 e. The molecular weight excluding hydrogens is 317 g/mol. The van der Waals surface area contributed by atoms with E-state index in [-0.39, 0.29) is 5.38 Å². The van der Waals surface area contributed by atoms with Crippen LogP contribution in [0.2, 0.25) is 0 Å². The molecule has 0 fully saturated rings. The Morgan fingerprint density at radius 1 is 1.00 bits per heavy atom. The first kappa shape index (κ1) is 16.2. The summed E-state index contributed by atoms with van der Waals surface area (Å²) in [5, 5.41) is -0.252. The van der Waals surface area contributed by atoms with Gasteiger partial charge in [-0.2, -0.15) is 13.2 Å². The van der Waals surface area contributed by atoms with Crippen molar-refractivity contribution < 1.29 is 13.2 Å². The van der Waals surface area contributed by atoms with Crippen molar-refractivity contribution in [2.24, 2.45) is 0 Å². The second-order valence-corrected chi connectivity index (χ2v) is 6.05. The minimum Gasteiger partial charge on any atom is -0.166 e. The summed E-state index contributed by atoms with van der Waals surface area (Å²) < 4.78 is 37.5. The zero-order chi connectivity index (χ0) is 15.5. The van der Waals surface area contributed by atoms with E-state index in [9.17, 15) is 13.2 Å². The van der Waals surface area contributed by atoms with Crippen LogP contribution < -0.4 is 0 Å². The summed E-state index contributed by atoms with van der Waals surface area (Å²) in [5.74, 6) is 0. The first-order valence-electron chi connectivity index (χ1n) is 6.34. The minimum absolute atomic E-state index is 0.252. The molecular formula is C16H14ClF3S. The molecule has 0 aromatic heterocycles. The molecule has 0 bridgehead atoms. The zero-order valence-corrected chi connectivity index (χ0v) is 12.9. The van der Waals surface area contributed by atoms with Crippen LogP contribution in [-0.2, 0) is 12.6 Å². The van der Waals surface area contributed by atoms with Crippen LogP contribution in [0.5, 0.6) is 0 Å². The maximum Gasteiger partial charge on any atom is 0.416 e. The van der Waals surface area contributed by atoms with Gasteiger partial charge in [0, 0.05) is 4.90 Å². The lowest BCUT2D eigenvalue weighted by atomic mass is 10.0. The predicted molar refractivity (Wildman–Crippen MR) is 82.0 cm³/mol. The fourth-order valence-corrected chi connectivity index (χ4v) is 2.70. The van der Waals surface area contributed by atoms with Crippen molar-refractivity contribution in [3.63, 3.8) is 0 Å². The quantitative estimate of drug-likeness (QED) is 0.493. The molecule has 0 amide bonds. The van der Waals surface area contributed by atoms with E-state index in [0.29, 0.717) is 6.42 Å². The van der Waals surface area contributed by atoms with E-state index in [1.54, 1.807) is 11.8 Å². The molecule has 0 aliphatic heterocycles. The maximum atomic E-state index is 12.5. The summed E-state index contributed by atoms with van der Waals surface area (Å²) in [4.78, 5) is 1.15. The molecule has 21 heavy (non-hydrogen) atoms. The summed E-state index contributed by atoms with van der Waals surface area (Å²) in [6.07, 6.45) is -1.81. The molecule has 2 rings (SSSR count). The predicted octanol–water partition coefficient (Wildman–Crippen LogP) is 5.95. The van der Waals surface area contributed by atoms with Crippen molar-refractivity contribution in [2.45, 2.75) is 22.9 Å². The third-order valence-corrected chi connectivity index (χ3v) is 4.32. The number of benzene rings is 2. The molecule has 2 aromatic rings. The van der Waals surface area contributed by atoms with Crippen LogP contribution in [0.25, 0.3) is 0 Å². The number of alkyl halides is 4. The standard InChI is InChI=1S/C16H14ClF3S/c1-21-14-8-4-12(5-9-14)15(17)10-11-2-6-13(7-3-11)16(18,19)20/h2-9,15H,10H2,1H3. The van der Waals surface area contributed by atoms with Gasteiger partial charge in [0.1, 0.15) is 0 Å². The summed E-state index contributed by atoms with van der Waals surface area (Å²) in [6.45, 7) is 0. The van der Waals surface area contributed by atoms with Gasteiger partial charge in [-0.1, -0.05) is 24.3 Å². The average Bonchev–Trinajstić information content (AvgIpc) is 2.47. The van der Waals surface area contributed by atoms with Crippen LogP contribution in [-0.4, -0.2) is 6.26 Å². The fraction of sp³-hybridized carbons (Fsp3) is 0.250. The number of hydrogen-bond donors (Lipinski definition) is 0. The Hall–Kier alpha value is -1.13. The Balaban J connectivity index is 2.06. The SMILES string of the molecule is CSc1ccc(C(Cl)Cc2ccc(C(F)(F)F)cc2)cc1. The Morgan fingerprint density at radius 3 is 2.05 bits per heavy atom. The molecule has 0 saturated carbocycles. The van der Waals surface area contributed by atoms with Gasteiger partial charge < -0.3 is 0 Å². The van der Waals surface area contributed by atoms with Crippen molar-refractivity contribution in [3.05, 3.63) is 65.2 Å². The van der Waals surface area contributed by atoms with Gasteiger partial charge in [0.25, 0.3) is 0 Å². The number of rotatable bonds is 4. The monoisotopic (exact) mass is 330 g/mol. The highest BCUT2D eigenvalue weighted by molar-refractivity contribution is 7.98. The maximum absolute atomic E-state index is 12.5. The molecule has 0 nitrogen and oxygen atoms in total. The molecule has 0 spiro atoms. The largest absolute Gasteiger partial charge is 0.416 e. The Morgan fingerprint density at radius 2 is 1.57 bits per heavy atom. The van der Waals surface area contributed by atoms with E-state index >= 15 is 0 Å². The van der Waals surface area contributed by atoms with Crippen molar-refractivity contribution in [1.29, 1.82) is 0 Å². The van der Waals surface area contributed by atoms with E-state index in [1.165, 1.54) is 12.1 Å². The highest BCUT2D eigenvalue weighted by Gasteiger charge is 2.29. The van der Waals surface area contributed by atoms with Crippen molar-refractivity contribution in [2.75, 3.05) is 6.26 Å². The highest BCUT2D eigenvalue weighted by Crippen LogP contribution is 2.31. The molecule has 0 N–H and O–H groups in total. The molecule has 112 valence electrons. The number of halogens is 4. The van der Waals surface area contributed by atoms with Crippen LogP contribution in [0.15, 0.2) is 53.4 Å². The van der Waals surface area contributed by atoms with Gasteiger partial charge in [0.15, 0.2) is 0 Å². The van der Waals surface area contributed by atoms with Gasteiger partial charge in [-0.3, -0.25) is 0 Å². The molecule has 1 unspecified atom stereocenters. The van der Waals surface area contributed by atoms with E-state index in [4.69, 9.17) is 11.6 Å². The highest BCUT2D eigenvalue weighted by atomic mass is 35.5. The third kappa shape index (κ3) is 4.42. The van der Waals surface area contributed by atoms with E-state index in [1.807, 2.05) is 30.5 Å². The average molecular weight is 331 g/mol. The molecule has 0 radical (unpaired) electrons. The van der Waals surface area contributed by atoms with Crippen molar-refractivity contribution >= 4 is 23.4 Å². The zero-order valence-electron chi connectivity index (χ0n) is 11.3. The van der Waals surface area contributed by atoms with Crippen LogP contribution in [0.1, 0.15) is 22.1 Å². The van der Waals surface area contributed by atoms with E-state index in [0.717, 1.165) is 28.2 Å². The lowest BCUT2D eigenvalue weighted by molar-refractivity contribution is -0.137. The van der Waals surface area contributed by atoms with Crippen molar-refractivity contribution in [3.8, 4) is 0 Å². The van der Waals surface area contributed by atoms with Crippen LogP contribution in [0.3, 0.4) is 0 Å². The van der Waals surface area contributed by atoms with Gasteiger partial charge in [0.2, 0.25) is 0 Å². The first-order valence-corrected chi connectivity index (χ1v) is 8.00. The summed E-state index contributed by atoms with van der Waals surface area (Å²) in [5.41, 5.74) is 1.12. The van der Waals surface area contributed by atoms with Crippen molar-refractivity contribution in [1.82, 2.24) is 0 Å². The molecule has 0 heterocycles. The normalized spacial score (nSPS) is 13.2. The topological polar surface area (TPSA) is 0 Å². The van der Waals surface area contributed by atoms with Gasteiger partial charge in [-0.15, -0.1) is 23.4 Å². The minimum atomic E-state index is -4.30. The Labute approximate surface area is 131 Å². The second kappa shape index (κ2) is 6.75. The van der Waals surface area contributed by atoms with Crippen LogP contribution in [0.4, 0.5) is 13.2 Å². The molecule has 5 heteroatoms. The molecule has 1 atom stereocenters. The molecule has 0 aliphatic rings. The number of hydrogen-bond acceptors (Lipinski definition) is 1. The summed E-state index contributed by atoms with van der Waals surface area (Å²) in [6, 6.07) is 13.0. The Bertz CT molecular complexity index is 576. The van der Waals surface area contributed by atoms with Crippen LogP contribution >= 0.6 is 23.4 Å². The van der Waals surface area contributed by atoms with E-state index < -0.39 is 11.7 Å². The Kier molecular flexibility index (Phi) is 5.22. The van der Waals surface area contributed by atoms with Gasteiger partial charge in [-0.25, -0.2) is 0 Å². The van der Waals surface area contributed by atoms with Crippen LogP contribution in [0, 0.1) is 0 Å². The second-order valence-electron chi connectivity index (χ2n) is 4.64. The fourth-order valence-electron chi connectivity index (χ4n) is 1.97. The van der Waals surface area contributed by atoms with Gasteiger partial charge >= 0.3 is 6.18 Å².